The first kappa shape index (κ1) is 12.9. The maximum Gasteiger partial charge on any atom is 0.106 e. The van der Waals surface area contributed by atoms with Gasteiger partial charge in [0, 0.05) is 24.7 Å². The van der Waals surface area contributed by atoms with Gasteiger partial charge in [0.05, 0.1) is 0 Å². The fourth-order valence-electron chi connectivity index (χ4n) is 2.29. The van der Waals surface area contributed by atoms with Crippen LogP contribution < -0.4 is 0 Å². The summed E-state index contributed by atoms with van der Waals surface area (Å²) in [5, 5.41) is 0. The Bertz CT molecular complexity index is 491. The summed E-state index contributed by atoms with van der Waals surface area (Å²) in [4.78, 5) is 7.89. The smallest absolute Gasteiger partial charge is 0.106 e. The molecule has 18 heavy (non-hydrogen) atoms. The van der Waals surface area contributed by atoms with Gasteiger partial charge >= 0.3 is 0 Å². The van der Waals surface area contributed by atoms with E-state index in [-0.39, 0.29) is 0 Å². The van der Waals surface area contributed by atoms with Crippen LogP contribution in [0, 0.1) is 13.8 Å². The Morgan fingerprint density at radius 2 is 1.89 bits per heavy atom. The van der Waals surface area contributed by atoms with Gasteiger partial charge in [0.2, 0.25) is 0 Å². The number of unbranched alkanes of at least 4 members (excludes halogenated alkanes) is 1. The predicted molar refractivity (Wildman–Crippen MR) is 75.9 cm³/mol. The van der Waals surface area contributed by atoms with Crippen molar-refractivity contribution in [2.24, 2.45) is 0 Å². The number of hydrogen-bond acceptors (Lipinski definition) is 1. The third-order valence-electron chi connectivity index (χ3n) is 3.46. The van der Waals surface area contributed by atoms with Crippen molar-refractivity contribution in [3.63, 3.8) is 0 Å². The van der Waals surface area contributed by atoms with Gasteiger partial charge in [0.1, 0.15) is 5.82 Å². The highest BCUT2D eigenvalue weighted by atomic mass is 14.9. The molecule has 2 heteroatoms. The van der Waals surface area contributed by atoms with Crippen LogP contribution in [0.25, 0.3) is 0 Å². The number of imidazole rings is 1. The van der Waals surface area contributed by atoms with Crippen LogP contribution in [0.4, 0.5) is 0 Å². The molecular formula is C16H22N2. The summed E-state index contributed by atoms with van der Waals surface area (Å²) in [5.41, 5.74) is 5.36. The second-order valence-electron chi connectivity index (χ2n) is 5.01. The molecule has 0 aliphatic carbocycles. The number of aromatic nitrogens is 2. The number of rotatable bonds is 5. The van der Waals surface area contributed by atoms with Crippen molar-refractivity contribution < 1.29 is 0 Å². The molecule has 0 amide bonds. The van der Waals surface area contributed by atoms with E-state index < -0.39 is 0 Å². The minimum Gasteiger partial charge on any atom is -0.346 e. The van der Waals surface area contributed by atoms with Gasteiger partial charge in [0.25, 0.3) is 0 Å². The maximum absolute atomic E-state index is 4.45. The molecule has 0 saturated carbocycles. The van der Waals surface area contributed by atoms with E-state index in [9.17, 15) is 0 Å². The van der Waals surface area contributed by atoms with E-state index in [0.717, 1.165) is 18.7 Å². The van der Waals surface area contributed by atoms with Gasteiger partial charge in [-0.25, -0.2) is 4.98 Å². The lowest BCUT2D eigenvalue weighted by Crippen LogP contribution is -1.96. The van der Waals surface area contributed by atoms with E-state index >= 15 is 0 Å². The van der Waals surface area contributed by atoms with E-state index in [1.807, 2.05) is 6.20 Å². The van der Waals surface area contributed by atoms with Gasteiger partial charge in [-0.1, -0.05) is 31.5 Å². The second kappa shape index (κ2) is 5.85. The summed E-state index contributed by atoms with van der Waals surface area (Å²) in [7, 11) is 0. The number of aryl methyl sites for hydroxylation is 3. The van der Waals surface area contributed by atoms with Crippen molar-refractivity contribution in [3.05, 3.63) is 52.6 Å². The standard InChI is InChI=1S/C16H22N2/c1-4-5-9-16-17-11-14(18-16)10-15-12(2)7-6-8-13(15)3/h6-8,11H,4-5,9-10H2,1-3H3,(H,17,18). The Hall–Kier alpha value is -1.57. The van der Waals surface area contributed by atoms with Gasteiger partial charge in [-0.15, -0.1) is 0 Å². The normalized spacial score (nSPS) is 10.8. The van der Waals surface area contributed by atoms with Crippen LogP contribution in [0.1, 0.15) is 48.0 Å². The lowest BCUT2D eigenvalue weighted by Gasteiger charge is -2.07. The molecule has 1 N–H and O–H groups in total. The summed E-state index contributed by atoms with van der Waals surface area (Å²) in [6, 6.07) is 6.47. The average molecular weight is 242 g/mol. The predicted octanol–water partition coefficient (Wildman–Crippen LogP) is 3.96. The second-order valence-corrected chi connectivity index (χ2v) is 5.01. The minimum atomic E-state index is 0.956. The molecule has 0 bridgehead atoms. The number of nitrogens with one attached hydrogen (secondary N) is 1. The summed E-state index contributed by atoms with van der Waals surface area (Å²) >= 11 is 0. The number of aromatic amines is 1. The third-order valence-corrected chi connectivity index (χ3v) is 3.46. The van der Waals surface area contributed by atoms with E-state index in [0.29, 0.717) is 0 Å². The third kappa shape index (κ3) is 3.00. The molecule has 2 aromatic rings. The van der Waals surface area contributed by atoms with Gasteiger partial charge in [0.15, 0.2) is 0 Å². The summed E-state index contributed by atoms with van der Waals surface area (Å²) < 4.78 is 0. The zero-order chi connectivity index (χ0) is 13.0. The SMILES string of the molecule is CCCCc1ncc(Cc2c(C)cccc2C)[nH]1. The van der Waals surface area contributed by atoms with Crippen LogP contribution in [0.3, 0.4) is 0 Å². The van der Waals surface area contributed by atoms with Gasteiger partial charge in [-0.3, -0.25) is 0 Å². The molecule has 0 saturated heterocycles. The highest BCUT2D eigenvalue weighted by Gasteiger charge is 2.06. The van der Waals surface area contributed by atoms with Crippen molar-refractivity contribution >= 4 is 0 Å². The molecule has 0 spiro atoms. The molecule has 1 aromatic carbocycles. The number of hydrogen-bond donors (Lipinski definition) is 1. The Morgan fingerprint density at radius 3 is 2.56 bits per heavy atom. The van der Waals surface area contributed by atoms with Gasteiger partial charge in [-0.05, 0) is 37.0 Å². The van der Waals surface area contributed by atoms with Crippen LogP contribution in [-0.4, -0.2) is 9.97 Å². The largest absolute Gasteiger partial charge is 0.346 e. The quantitative estimate of drug-likeness (QED) is 0.844. The first-order chi connectivity index (χ1) is 8.70. The van der Waals surface area contributed by atoms with E-state index in [4.69, 9.17) is 0 Å². The molecular weight excluding hydrogens is 220 g/mol. The zero-order valence-electron chi connectivity index (χ0n) is 11.6. The van der Waals surface area contributed by atoms with Crippen molar-refractivity contribution in [2.75, 3.05) is 0 Å². The average Bonchev–Trinajstić information content (AvgIpc) is 2.79. The number of benzene rings is 1. The molecule has 1 heterocycles. The summed E-state index contributed by atoms with van der Waals surface area (Å²) in [6.07, 6.45) is 6.42. The van der Waals surface area contributed by atoms with Crippen molar-refractivity contribution in [1.29, 1.82) is 0 Å². The Morgan fingerprint density at radius 1 is 1.17 bits per heavy atom. The van der Waals surface area contributed by atoms with E-state index in [2.05, 4.69) is 48.9 Å². The van der Waals surface area contributed by atoms with Gasteiger partial charge in [-0.2, -0.15) is 0 Å². The molecule has 2 nitrogen and oxygen atoms in total. The molecule has 1 aromatic heterocycles. The molecule has 0 unspecified atom stereocenters. The fourth-order valence-corrected chi connectivity index (χ4v) is 2.29. The van der Waals surface area contributed by atoms with E-state index in [1.165, 1.54) is 35.2 Å². The van der Waals surface area contributed by atoms with Crippen molar-refractivity contribution in [3.8, 4) is 0 Å². The first-order valence-electron chi connectivity index (χ1n) is 6.78. The van der Waals surface area contributed by atoms with Crippen molar-refractivity contribution in [1.82, 2.24) is 9.97 Å². The zero-order valence-corrected chi connectivity index (χ0v) is 11.6. The van der Waals surface area contributed by atoms with Crippen LogP contribution in [0.15, 0.2) is 24.4 Å². The maximum atomic E-state index is 4.45. The monoisotopic (exact) mass is 242 g/mol. The topological polar surface area (TPSA) is 28.7 Å². The fraction of sp³-hybridized carbons (Fsp3) is 0.438. The molecule has 0 radical (unpaired) electrons. The molecule has 96 valence electrons. The summed E-state index contributed by atoms with van der Waals surface area (Å²) in [6.45, 7) is 6.56. The van der Waals surface area contributed by atoms with Crippen LogP contribution in [-0.2, 0) is 12.8 Å². The Kier molecular flexibility index (Phi) is 4.19. The van der Waals surface area contributed by atoms with Crippen LogP contribution in [0.2, 0.25) is 0 Å². The number of nitrogens with zero attached hydrogens (tertiary/aromatic N) is 1. The summed E-state index contributed by atoms with van der Waals surface area (Å²) in [5.74, 6) is 1.12. The highest BCUT2D eigenvalue weighted by molar-refractivity contribution is 5.36. The molecule has 0 aliphatic heterocycles. The molecule has 0 atom stereocenters. The first-order valence-corrected chi connectivity index (χ1v) is 6.78. The minimum absolute atomic E-state index is 0.956. The molecule has 2 rings (SSSR count). The molecule has 0 fully saturated rings. The van der Waals surface area contributed by atoms with Gasteiger partial charge < -0.3 is 4.98 Å². The van der Waals surface area contributed by atoms with E-state index in [1.54, 1.807) is 0 Å². The Labute approximate surface area is 109 Å². The van der Waals surface area contributed by atoms with Crippen molar-refractivity contribution in [2.45, 2.75) is 46.5 Å². The lowest BCUT2D eigenvalue weighted by atomic mass is 9.99. The van der Waals surface area contributed by atoms with Crippen LogP contribution in [0.5, 0.6) is 0 Å². The van der Waals surface area contributed by atoms with Crippen LogP contribution >= 0.6 is 0 Å². The lowest BCUT2D eigenvalue weighted by molar-refractivity contribution is 0.760. The number of H-pyrrole nitrogens is 1. The highest BCUT2D eigenvalue weighted by Crippen LogP contribution is 2.17. The molecule has 0 aliphatic rings. The Balaban J connectivity index is 2.11.